The van der Waals surface area contributed by atoms with E-state index in [2.05, 4.69) is 5.32 Å². The van der Waals surface area contributed by atoms with Gasteiger partial charge >= 0.3 is 0 Å². The number of ether oxygens (including phenoxy) is 2. The van der Waals surface area contributed by atoms with Crippen LogP contribution in [0.25, 0.3) is 0 Å². The molecule has 0 saturated heterocycles. The summed E-state index contributed by atoms with van der Waals surface area (Å²) in [7, 11) is 3.01. The standard InChI is InChI=1S/C12H15Cl2NO3/c1-7(12(17-2)18-3)15-11(16)8-5-4-6-9(13)10(8)14/h4-7,12H,1-3H3,(H,15,16). The Balaban J connectivity index is 2.79. The van der Waals surface area contributed by atoms with E-state index in [1.54, 1.807) is 25.1 Å². The minimum Gasteiger partial charge on any atom is -0.354 e. The van der Waals surface area contributed by atoms with Crippen molar-refractivity contribution in [2.45, 2.75) is 19.3 Å². The van der Waals surface area contributed by atoms with Crippen LogP contribution in [0.2, 0.25) is 10.0 Å². The van der Waals surface area contributed by atoms with Crippen molar-refractivity contribution in [3.8, 4) is 0 Å². The van der Waals surface area contributed by atoms with Gasteiger partial charge in [-0.2, -0.15) is 0 Å². The Kier molecular flexibility index (Phi) is 5.88. The largest absolute Gasteiger partial charge is 0.354 e. The van der Waals surface area contributed by atoms with E-state index in [0.717, 1.165) is 0 Å². The average molecular weight is 292 g/mol. The summed E-state index contributed by atoms with van der Waals surface area (Å²) < 4.78 is 10.1. The number of hydrogen-bond acceptors (Lipinski definition) is 3. The molecule has 0 radical (unpaired) electrons. The fourth-order valence-electron chi connectivity index (χ4n) is 1.54. The lowest BCUT2D eigenvalue weighted by atomic mass is 10.2. The van der Waals surface area contributed by atoms with Gasteiger partial charge < -0.3 is 14.8 Å². The van der Waals surface area contributed by atoms with Crippen molar-refractivity contribution >= 4 is 29.1 Å². The number of benzene rings is 1. The molecule has 100 valence electrons. The van der Waals surface area contributed by atoms with Gasteiger partial charge in [0.25, 0.3) is 5.91 Å². The van der Waals surface area contributed by atoms with Gasteiger partial charge in [-0.3, -0.25) is 4.79 Å². The first kappa shape index (κ1) is 15.2. The van der Waals surface area contributed by atoms with E-state index in [0.29, 0.717) is 10.6 Å². The van der Waals surface area contributed by atoms with E-state index in [9.17, 15) is 4.79 Å². The van der Waals surface area contributed by atoms with Gasteiger partial charge in [0.15, 0.2) is 6.29 Å². The molecule has 1 rings (SSSR count). The van der Waals surface area contributed by atoms with E-state index in [4.69, 9.17) is 32.7 Å². The molecule has 4 nitrogen and oxygen atoms in total. The predicted octanol–water partition coefficient (Wildman–Crippen LogP) is 2.73. The normalized spacial score (nSPS) is 12.6. The third kappa shape index (κ3) is 3.59. The second-order valence-electron chi connectivity index (χ2n) is 3.70. The lowest BCUT2D eigenvalue weighted by Gasteiger charge is -2.22. The maximum absolute atomic E-state index is 12.0. The van der Waals surface area contributed by atoms with Crippen molar-refractivity contribution in [3.05, 3.63) is 33.8 Å². The van der Waals surface area contributed by atoms with Gasteiger partial charge in [-0.15, -0.1) is 0 Å². The van der Waals surface area contributed by atoms with E-state index >= 15 is 0 Å². The topological polar surface area (TPSA) is 47.6 Å². The second-order valence-corrected chi connectivity index (χ2v) is 4.49. The quantitative estimate of drug-likeness (QED) is 0.849. The first-order valence-corrected chi connectivity index (χ1v) is 6.07. The third-order valence-corrected chi connectivity index (χ3v) is 3.25. The van der Waals surface area contributed by atoms with Crippen LogP contribution in [0, 0.1) is 0 Å². The molecule has 1 N–H and O–H groups in total. The number of methoxy groups -OCH3 is 2. The zero-order chi connectivity index (χ0) is 13.7. The van der Waals surface area contributed by atoms with Gasteiger partial charge in [-0.05, 0) is 19.1 Å². The fourth-order valence-corrected chi connectivity index (χ4v) is 1.92. The maximum Gasteiger partial charge on any atom is 0.253 e. The molecule has 0 spiro atoms. The highest BCUT2D eigenvalue weighted by Crippen LogP contribution is 2.25. The fraction of sp³-hybridized carbons (Fsp3) is 0.417. The van der Waals surface area contributed by atoms with Crippen LogP contribution in [0.1, 0.15) is 17.3 Å². The predicted molar refractivity (Wildman–Crippen MR) is 71.2 cm³/mol. The van der Waals surface area contributed by atoms with Crippen molar-refractivity contribution < 1.29 is 14.3 Å². The van der Waals surface area contributed by atoms with Crippen molar-refractivity contribution in [3.63, 3.8) is 0 Å². The molecule has 1 amide bonds. The molecule has 1 aromatic carbocycles. The van der Waals surface area contributed by atoms with Gasteiger partial charge in [0, 0.05) is 14.2 Å². The van der Waals surface area contributed by atoms with E-state index in [-0.39, 0.29) is 17.0 Å². The summed E-state index contributed by atoms with van der Waals surface area (Å²) in [6, 6.07) is 4.57. The smallest absolute Gasteiger partial charge is 0.253 e. The number of halogens is 2. The lowest BCUT2D eigenvalue weighted by Crippen LogP contribution is -2.43. The minimum atomic E-state index is -0.521. The highest BCUT2D eigenvalue weighted by atomic mass is 35.5. The Bertz CT molecular complexity index is 422. The summed E-state index contributed by atoms with van der Waals surface area (Å²) in [5.74, 6) is -0.325. The Labute approximate surface area is 116 Å². The molecule has 18 heavy (non-hydrogen) atoms. The molecular weight excluding hydrogens is 277 g/mol. The van der Waals surface area contributed by atoms with Crippen LogP contribution in [-0.4, -0.2) is 32.5 Å². The molecule has 0 aliphatic heterocycles. The number of hydrogen-bond donors (Lipinski definition) is 1. The molecular formula is C12H15Cl2NO3. The highest BCUT2D eigenvalue weighted by Gasteiger charge is 2.20. The van der Waals surface area contributed by atoms with Crippen molar-refractivity contribution in [1.29, 1.82) is 0 Å². The van der Waals surface area contributed by atoms with Crippen molar-refractivity contribution in [2.24, 2.45) is 0 Å². The Morgan fingerprint density at radius 3 is 2.44 bits per heavy atom. The maximum atomic E-state index is 12.0. The van der Waals surface area contributed by atoms with Crippen LogP contribution in [0.4, 0.5) is 0 Å². The Hall–Kier alpha value is -0.810. The number of carbonyl (C=O) groups is 1. The molecule has 1 unspecified atom stereocenters. The molecule has 1 atom stereocenters. The van der Waals surface area contributed by atoms with E-state index in [1.807, 2.05) is 0 Å². The Morgan fingerprint density at radius 1 is 1.28 bits per heavy atom. The lowest BCUT2D eigenvalue weighted by molar-refractivity contribution is -0.117. The summed E-state index contributed by atoms with van der Waals surface area (Å²) in [6.07, 6.45) is -0.521. The first-order chi connectivity index (χ1) is 8.51. The molecule has 0 heterocycles. The monoisotopic (exact) mass is 291 g/mol. The summed E-state index contributed by atoms with van der Waals surface area (Å²) in [6.45, 7) is 1.77. The Morgan fingerprint density at radius 2 is 1.89 bits per heavy atom. The van der Waals surface area contributed by atoms with Gasteiger partial charge in [0.1, 0.15) is 0 Å². The van der Waals surface area contributed by atoms with E-state index < -0.39 is 6.29 Å². The second kappa shape index (κ2) is 6.95. The van der Waals surface area contributed by atoms with Crippen LogP contribution in [0.3, 0.4) is 0 Å². The number of rotatable bonds is 5. The SMILES string of the molecule is COC(OC)C(C)NC(=O)c1cccc(Cl)c1Cl. The number of amides is 1. The number of nitrogens with one attached hydrogen (secondary N) is 1. The molecule has 0 bridgehead atoms. The van der Waals surface area contributed by atoms with Gasteiger partial charge in [-0.1, -0.05) is 29.3 Å². The first-order valence-electron chi connectivity index (χ1n) is 5.31. The molecule has 0 fully saturated rings. The summed E-state index contributed by atoms with van der Waals surface area (Å²) in [4.78, 5) is 12.0. The van der Waals surface area contributed by atoms with E-state index in [1.165, 1.54) is 14.2 Å². The van der Waals surface area contributed by atoms with Crippen LogP contribution >= 0.6 is 23.2 Å². The van der Waals surface area contributed by atoms with Crippen LogP contribution in [-0.2, 0) is 9.47 Å². The van der Waals surface area contributed by atoms with Crippen molar-refractivity contribution in [2.75, 3.05) is 14.2 Å². The average Bonchev–Trinajstić information content (AvgIpc) is 2.34. The summed E-state index contributed by atoms with van der Waals surface area (Å²) >= 11 is 11.8. The van der Waals surface area contributed by atoms with Crippen LogP contribution in [0.5, 0.6) is 0 Å². The van der Waals surface area contributed by atoms with Gasteiger partial charge in [-0.25, -0.2) is 0 Å². The molecule has 0 aromatic heterocycles. The minimum absolute atomic E-state index is 0.232. The van der Waals surface area contributed by atoms with Gasteiger partial charge in [0.05, 0.1) is 21.7 Å². The highest BCUT2D eigenvalue weighted by molar-refractivity contribution is 6.43. The molecule has 1 aromatic rings. The van der Waals surface area contributed by atoms with Crippen LogP contribution in [0.15, 0.2) is 18.2 Å². The van der Waals surface area contributed by atoms with Crippen molar-refractivity contribution in [1.82, 2.24) is 5.32 Å². The zero-order valence-corrected chi connectivity index (χ0v) is 11.9. The third-order valence-electron chi connectivity index (χ3n) is 2.43. The molecule has 6 heteroatoms. The molecule has 0 aliphatic carbocycles. The zero-order valence-electron chi connectivity index (χ0n) is 10.4. The van der Waals surface area contributed by atoms with Crippen LogP contribution < -0.4 is 5.32 Å². The summed E-state index contributed by atoms with van der Waals surface area (Å²) in [5, 5.41) is 3.31. The summed E-state index contributed by atoms with van der Waals surface area (Å²) in [5.41, 5.74) is 0.321. The number of carbonyl (C=O) groups excluding carboxylic acids is 1. The molecule has 0 saturated carbocycles. The van der Waals surface area contributed by atoms with Gasteiger partial charge in [0.2, 0.25) is 0 Å². The molecule has 0 aliphatic rings.